The van der Waals surface area contributed by atoms with E-state index in [-0.39, 0.29) is 19.3 Å². The maximum atomic E-state index is 10.2. The number of aliphatic carboxylic acids is 1. The van der Waals surface area contributed by atoms with E-state index in [1.54, 1.807) is 7.05 Å². The molecule has 0 radical (unpaired) electrons. The molecule has 5 nitrogen and oxygen atoms in total. The molecule has 0 aromatic carbocycles. The number of quaternary nitrogens is 1. The van der Waals surface area contributed by atoms with Crippen LogP contribution < -0.4 is 10.0 Å². The van der Waals surface area contributed by atoms with Gasteiger partial charge in [0.2, 0.25) is 0 Å². The van der Waals surface area contributed by atoms with Crippen molar-refractivity contribution in [2.45, 2.75) is 26.1 Å². The molecule has 0 saturated carbocycles. The van der Waals surface area contributed by atoms with Crippen LogP contribution in [-0.2, 0) is 9.53 Å². The lowest BCUT2D eigenvalue weighted by molar-refractivity contribution is -0.877. The number of carbonyl (C=O) groups is 1. The van der Waals surface area contributed by atoms with E-state index in [2.05, 4.69) is 0 Å². The Labute approximate surface area is 84.3 Å². The summed E-state index contributed by atoms with van der Waals surface area (Å²) in [5.41, 5.74) is 0. The fraction of sp³-hybridized carbons (Fsp3) is 0.889. The highest BCUT2D eigenvalue weighted by molar-refractivity contribution is 5.65. The highest BCUT2D eigenvalue weighted by atomic mass is 16.5. The molecule has 0 aromatic rings. The molecular formula is C9H19NO4. The molecule has 2 atom stereocenters. The number of nitrogens with one attached hydrogen (secondary N) is 1. The molecular weight excluding hydrogens is 186 g/mol. The van der Waals surface area contributed by atoms with Crippen LogP contribution in [0, 0.1) is 0 Å². The Balaban J connectivity index is 3.59. The van der Waals surface area contributed by atoms with E-state index in [4.69, 9.17) is 4.74 Å². The second-order valence-corrected chi connectivity index (χ2v) is 3.75. The van der Waals surface area contributed by atoms with Crippen LogP contribution in [0.25, 0.3) is 0 Å². The largest absolute Gasteiger partial charge is 0.544 e. The van der Waals surface area contributed by atoms with E-state index in [1.165, 1.54) is 0 Å². The molecule has 14 heavy (non-hydrogen) atoms. The Morgan fingerprint density at radius 2 is 2.14 bits per heavy atom. The van der Waals surface area contributed by atoms with E-state index in [1.807, 2.05) is 13.8 Å². The maximum absolute atomic E-state index is 10.2. The van der Waals surface area contributed by atoms with E-state index in [0.29, 0.717) is 11.4 Å². The van der Waals surface area contributed by atoms with Crippen molar-refractivity contribution >= 4 is 5.97 Å². The van der Waals surface area contributed by atoms with Crippen molar-refractivity contribution in [3.05, 3.63) is 0 Å². The minimum atomic E-state index is -1.11. The van der Waals surface area contributed by atoms with Crippen molar-refractivity contribution in [3.8, 4) is 0 Å². The van der Waals surface area contributed by atoms with Crippen LogP contribution in [0.1, 0.15) is 13.8 Å². The quantitative estimate of drug-likeness (QED) is 0.465. The third kappa shape index (κ3) is 7.97. The average Bonchev–Trinajstić information content (AvgIpc) is 1.98. The minimum Gasteiger partial charge on any atom is -0.544 e. The molecule has 0 fully saturated rings. The highest BCUT2D eigenvalue weighted by Gasteiger charge is 2.12. The van der Waals surface area contributed by atoms with Crippen LogP contribution in [0.3, 0.4) is 0 Å². The normalized spacial score (nSPS) is 15.5. The van der Waals surface area contributed by atoms with E-state index >= 15 is 0 Å². The van der Waals surface area contributed by atoms with Crippen LogP contribution in [0.5, 0.6) is 0 Å². The van der Waals surface area contributed by atoms with Crippen molar-refractivity contribution in [2.75, 3.05) is 26.7 Å². The van der Waals surface area contributed by atoms with Crippen LogP contribution in [0.15, 0.2) is 0 Å². The lowest BCUT2D eigenvalue weighted by Gasteiger charge is -2.19. The topological polar surface area (TPSA) is 74.0 Å². The highest BCUT2D eigenvalue weighted by Crippen LogP contribution is 1.89. The smallest absolute Gasteiger partial charge is 0.126 e. The molecule has 0 aliphatic heterocycles. The van der Waals surface area contributed by atoms with Crippen molar-refractivity contribution in [2.24, 2.45) is 0 Å². The Bertz CT molecular complexity index is 172. The van der Waals surface area contributed by atoms with Gasteiger partial charge in [0.1, 0.15) is 19.2 Å². The summed E-state index contributed by atoms with van der Waals surface area (Å²) in [4.78, 5) is 10.9. The summed E-state index contributed by atoms with van der Waals surface area (Å²) in [7, 11) is 1.69. The molecule has 0 aliphatic carbocycles. The van der Waals surface area contributed by atoms with E-state index < -0.39 is 12.1 Å². The summed E-state index contributed by atoms with van der Waals surface area (Å²) in [6.45, 7) is 4.25. The number of rotatable bonds is 7. The number of hydrogen-bond donors (Lipinski definition) is 2. The monoisotopic (exact) mass is 205 g/mol. The predicted molar refractivity (Wildman–Crippen MR) is 48.7 cm³/mol. The first kappa shape index (κ1) is 13.4. The fourth-order valence-corrected chi connectivity index (χ4v) is 1.08. The van der Waals surface area contributed by atoms with Crippen molar-refractivity contribution in [3.63, 3.8) is 0 Å². The molecule has 2 N–H and O–H groups in total. The van der Waals surface area contributed by atoms with Crippen LogP contribution in [0.4, 0.5) is 0 Å². The van der Waals surface area contributed by atoms with Crippen LogP contribution in [0.2, 0.25) is 0 Å². The van der Waals surface area contributed by atoms with Gasteiger partial charge in [-0.25, -0.2) is 0 Å². The Kier molecular flexibility index (Phi) is 6.44. The fourth-order valence-electron chi connectivity index (χ4n) is 1.08. The van der Waals surface area contributed by atoms with Gasteiger partial charge in [-0.15, -0.1) is 0 Å². The maximum Gasteiger partial charge on any atom is 0.126 e. The van der Waals surface area contributed by atoms with Crippen LogP contribution in [-0.4, -0.2) is 50.0 Å². The van der Waals surface area contributed by atoms with E-state index in [0.717, 1.165) is 0 Å². The Morgan fingerprint density at radius 1 is 1.57 bits per heavy atom. The number of carboxylic acids is 1. The zero-order chi connectivity index (χ0) is 11.1. The zero-order valence-electron chi connectivity index (χ0n) is 8.95. The molecule has 0 heterocycles. The first-order chi connectivity index (χ1) is 6.41. The lowest BCUT2D eigenvalue weighted by atomic mass is 10.3. The summed E-state index contributed by atoms with van der Waals surface area (Å²) in [5.74, 6) is -1.11. The summed E-state index contributed by atoms with van der Waals surface area (Å²) in [5, 5.41) is 19.6. The summed E-state index contributed by atoms with van der Waals surface area (Å²) < 4.78 is 5.18. The third-order valence-electron chi connectivity index (χ3n) is 1.65. The molecule has 0 amide bonds. The number of aliphatic hydroxyl groups excluding tert-OH is 1. The van der Waals surface area contributed by atoms with Crippen molar-refractivity contribution in [1.82, 2.24) is 0 Å². The first-order valence-corrected chi connectivity index (χ1v) is 4.72. The molecule has 0 bridgehead atoms. The molecule has 2 unspecified atom stereocenters. The number of ether oxygens (including phenoxy) is 1. The second-order valence-electron chi connectivity index (χ2n) is 3.75. The van der Waals surface area contributed by atoms with Gasteiger partial charge in [0.05, 0.1) is 25.7 Å². The summed E-state index contributed by atoms with van der Waals surface area (Å²) >= 11 is 0. The Morgan fingerprint density at radius 3 is 2.57 bits per heavy atom. The van der Waals surface area contributed by atoms with Gasteiger partial charge in [-0.3, -0.25) is 0 Å². The molecule has 0 aliphatic rings. The standard InChI is InChI=1S/C9H19NO4/c1-7(2)14-6-8(11)4-10(3)5-9(12)13/h7-8,11H,4-6H2,1-3H3,(H,12,13). The number of carbonyl (C=O) groups excluding carboxylic acids is 1. The van der Waals surface area contributed by atoms with Gasteiger partial charge < -0.3 is 24.6 Å². The van der Waals surface area contributed by atoms with E-state index in [9.17, 15) is 15.0 Å². The number of carboxylic acid groups (broad SMARTS) is 1. The Hall–Kier alpha value is -0.650. The van der Waals surface area contributed by atoms with Gasteiger partial charge in [0.15, 0.2) is 0 Å². The number of hydrogen-bond acceptors (Lipinski definition) is 4. The lowest BCUT2D eigenvalue weighted by Crippen LogP contribution is -3.11. The van der Waals surface area contributed by atoms with Crippen LogP contribution >= 0.6 is 0 Å². The SMILES string of the molecule is CC(C)OCC(O)C[NH+](C)CC(=O)[O-]. The van der Waals surface area contributed by atoms with Crippen molar-refractivity contribution < 1.29 is 24.6 Å². The molecule has 0 spiro atoms. The summed E-state index contributed by atoms with van der Waals surface area (Å²) in [6, 6.07) is 0. The number of aliphatic hydroxyl groups is 1. The second kappa shape index (κ2) is 6.75. The van der Waals surface area contributed by atoms with Gasteiger partial charge in [-0.2, -0.15) is 0 Å². The van der Waals surface area contributed by atoms with Gasteiger partial charge in [0, 0.05) is 0 Å². The molecule has 0 aromatic heterocycles. The average molecular weight is 205 g/mol. The zero-order valence-corrected chi connectivity index (χ0v) is 8.95. The van der Waals surface area contributed by atoms with Gasteiger partial charge in [0.25, 0.3) is 0 Å². The molecule has 0 rings (SSSR count). The first-order valence-electron chi connectivity index (χ1n) is 4.72. The third-order valence-corrected chi connectivity index (χ3v) is 1.65. The minimum absolute atomic E-state index is 0.0751. The molecule has 0 saturated heterocycles. The molecule has 5 heteroatoms. The van der Waals surface area contributed by atoms with Gasteiger partial charge >= 0.3 is 0 Å². The van der Waals surface area contributed by atoms with Crippen molar-refractivity contribution in [1.29, 1.82) is 0 Å². The molecule has 84 valence electrons. The predicted octanol–water partition coefficient (Wildman–Crippen LogP) is -2.96. The number of likely N-dealkylation sites (N-methyl/N-ethyl adjacent to an activating group) is 1. The summed E-state index contributed by atoms with van der Waals surface area (Å²) in [6.07, 6.45) is -0.553. The van der Waals surface area contributed by atoms with Gasteiger partial charge in [-0.05, 0) is 13.8 Å². The van der Waals surface area contributed by atoms with Gasteiger partial charge in [-0.1, -0.05) is 0 Å².